The quantitative estimate of drug-likeness (QED) is 0.519. The average molecular weight is 387 g/mol. The molecule has 1 aliphatic heterocycles. The number of halogens is 3. The molecule has 1 aromatic carbocycles. The third-order valence-corrected chi connectivity index (χ3v) is 5.00. The number of hydroxylamine groups is 2. The standard InChI is InChI=1S/C18H24F3NO3Si/c1-16(2,3)22-15(24-22)17(18(19,20)21,25-26(4,5)6)14-11-12-9-7-8-10-13(12)23-14/h7-11,15H,1-6H3. The summed E-state index contributed by atoms with van der Waals surface area (Å²) in [6.07, 6.45) is -6.01. The van der Waals surface area contributed by atoms with Crippen LogP contribution in [0.1, 0.15) is 26.5 Å². The van der Waals surface area contributed by atoms with E-state index in [2.05, 4.69) is 0 Å². The van der Waals surface area contributed by atoms with Crippen molar-refractivity contribution in [3.8, 4) is 0 Å². The number of alkyl halides is 3. The second-order valence-electron chi connectivity index (χ2n) is 8.55. The van der Waals surface area contributed by atoms with Crippen LogP contribution in [0.3, 0.4) is 0 Å². The predicted molar refractivity (Wildman–Crippen MR) is 94.8 cm³/mol. The van der Waals surface area contributed by atoms with E-state index < -0.39 is 31.9 Å². The van der Waals surface area contributed by atoms with E-state index in [0.717, 1.165) is 0 Å². The molecule has 0 spiro atoms. The first-order chi connectivity index (χ1) is 11.8. The molecule has 1 aliphatic rings. The average Bonchev–Trinajstić information content (AvgIpc) is 3.15. The fraction of sp³-hybridized carbons (Fsp3) is 0.556. The Kier molecular flexibility index (Phi) is 4.35. The molecule has 3 atom stereocenters. The number of nitrogens with zero attached hydrogens (tertiary/aromatic N) is 1. The molecule has 1 aromatic heterocycles. The first kappa shape index (κ1) is 19.4. The highest BCUT2D eigenvalue weighted by molar-refractivity contribution is 6.69. The Bertz CT molecular complexity index is 773. The van der Waals surface area contributed by atoms with Crippen LogP contribution in [0, 0.1) is 0 Å². The Balaban J connectivity index is 2.20. The van der Waals surface area contributed by atoms with E-state index in [0.29, 0.717) is 11.0 Å². The Labute approximate surface area is 151 Å². The van der Waals surface area contributed by atoms with Gasteiger partial charge in [-0.05, 0) is 52.5 Å². The summed E-state index contributed by atoms with van der Waals surface area (Å²) in [7, 11) is -2.63. The van der Waals surface area contributed by atoms with Gasteiger partial charge in [-0.1, -0.05) is 18.2 Å². The molecule has 2 aromatic rings. The van der Waals surface area contributed by atoms with Crippen molar-refractivity contribution < 1.29 is 26.9 Å². The van der Waals surface area contributed by atoms with Crippen molar-refractivity contribution in [1.29, 1.82) is 0 Å². The summed E-state index contributed by atoms with van der Waals surface area (Å²) >= 11 is 0. The van der Waals surface area contributed by atoms with Crippen molar-refractivity contribution in [2.24, 2.45) is 0 Å². The number of benzene rings is 1. The summed E-state index contributed by atoms with van der Waals surface area (Å²) in [5, 5.41) is 1.92. The minimum Gasteiger partial charge on any atom is -0.457 e. The van der Waals surface area contributed by atoms with E-state index in [4.69, 9.17) is 13.7 Å². The molecule has 0 amide bonds. The van der Waals surface area contributed by atoms with Crippen molar-refractivity contribution in [2.75, 3.05) is 0 Å². The highest BCUT2D eigenvalue weighted by Gasteiger charge is 2.74. The molecule has 0 aliphatic carbocycles. The molecule has 0 radical (unpaired) electrons. The number of fused-ring (bicyclic) bond motifs is 1. The third-order valence-electron chi connectivity index (χ3n) is 4.07. The van der Waals surface area contributed by atoms with E-state index in [1.165, 1.54) is 11.1 Å². The second-order valence-corrected chi connectivity index (χ2v) is 13.0. The largest absolute Gasteiger partial charge is 0.457 e. The zero-order chi connectivity index (χ0) is 19.5. The van der Waals surface area contributed by atoms with Gasteiger partial charge in [0.25, 0.3) is 5.60 Å². The van der Waals surface area contributed by atoms with Crippen LogP contribution in [0.2, 0.25) is 19.6 Å². The Hall–Kier alpha value is -1.35. The van der Waals surface area contributed by atoms with Crippen molar-refractivity contribution in [2.45, 2.75) is 64.0 Å². The molecule has 8 heteroatoms. The molecule has 0 N–H and O–H groups in total. The van der Waals surface area contributed by atoms with E-state index in [1.54, 1.807) is 64.7 Å². The van der Waals surface area contributed by atoms with Crippen molar-refractivity contribution in [3.05, 3.63) is 36.1 Å². The van der Waals surface area contributed by atoms with Gasteiger partial charge < -0.3 is 8.84 Å². The summed E-state index contributed by atoms with van der Waals surface area (Å²) in [5.41, 5.74) is -2.89. The van der Waals surface area contributed by atoms with Gasteiger partial charge >= 0.3 is 6.18 Å². The molecule has 0 saturated carbocycles. The lowest BCUT2D eigenvalue weighted by Crippen LogP contribution is -2.56. The van der Waals surface area contributed by atoms with Gasteiger partial charge in [-0.15, -0.1) is 5.06 Å². The summed E-state index contributed by atoms with van der Waals surface area (Å²) < 4.78 is 55.0. The van der Waals surface area contributed by atoms with Gasteiger partial charge in [-0.25, -0.2) is 0 Å². The Morgan fingerprint density at radius 2 is 1.69 bits per heavy atom. The first-order valence-corrected chi connectivity index (χ1v) is 11.9. The number of para-hydroxylation sites is 1. The van der Waals surface area contributed by atoms with Gasteiger partial charge in [0.15, 0.2) is 14.5 Å². The fourth-order valence-electron chi connectivity index (χ4n) is 3.04. The molecular weight excluding hydrogens is 363 g/mol. The maximum atomic E-state index is 14.5. The van der Waals surface area contributed by atoms with Crippen LogP contribution in [0.5, 0.6) is 0 Å². The summed E-state index contributed by atoms with van der Waals surface area (Å²) in [4.78, 5) is 5.42. The maximum absolute atomic E-state index is 14.5. The van der Waals surface area contributed by atoms with E-state index >= 15 is 0 Å². The van der Waals surface area contributed by atoms with E-state index in [9.17, 15) is 13.2 Å². The van der Waals surface area contributed by atoms with Gasteiger partial charge in [0.05, 0.1) is 0 Å². The highest BCUT2D eigenvalue weighted by atomic mass is 28.4. The zero-order valence-corrected chi connectivity index (χ0v) is 16.8. The zero-order valence-electron chi connectivity index (χ0n) is 15.8. The molecule has 1 saturated heterocycles. The number of hydrogen-bond donors (Lipinski definition) is 0. The molecule has 3 rings (SSSR count). The molecule has 1 fully saturated rings. The molecule has 0 bridgehead atoms. The maximum Gasteiger partial charge on any atom is 0.427 e. The third kappa shape index (κ3) is 3.31. The summed E-state index contributed by atoms with van der Waals surface area (Å²) in [6.45, 7) is 10.5. The normalized spacial score (nSPS) is 23.9. The van der Waals surface area contributed by atoms with Crippen LogP contribution >= 0.6 is 0 Å². The smallest absolute Gasteiger partial charge is 0.427 e. The fourth-order valence-corrected chi connectivity index (χ4v) is 4.32. The number of furan rings is 1. The lowest BCUT2D eigenvalue weighted by atomic mass is 9.96. The predicted octanol–water partition coefficient (Wildman–Crippen LogP) is 5.41. The van der Waals surface area contributed by atoms with E-state index in [-0.39, 0.29) is 5.76 Å². The van der Waals surface area contributed by atoms with E-state index in [1.807, 2.05) is 0 Å². The molecular formula is C18H24F3NO3Si. The van der Waals surface area contributed by atoms with Crippen LogP contribution in [0.25, 0.3) is 11.0 Å². The lowest BCUT2D eigenvalue weighted by molar-refractivity contribution is -0.272. The first-order valence-electron chi connectivity index (χ1n) is 8.48. The molecule has 2 heterocycles. The van der Waals surface area contributed by atoms with Crippen LogP contribution in [0.15, 0.2) is 34.7 Å². The molecule has 3 unspecified atom stereocenters. The highest BCUT2D eigenvalue weighted by Crippen LogP contribution is 2.55. The van der Waals surface area contributed by atoms with Crippen molar-refractivity contribution in [1.82, 2.24) is 5.06 Å². The summed E-state index contributed by atoms with van der Waals surface area (Å²) in [5.74, 6) is -0.273. The monoisotopic (exact) mass is 387 g/mol. The van der Waals surface area contributed by atoms with Gasteiger partial charge in [0.2, 0.25) is 0 Å². The molecule has 26 heavy (non-hydrogen) atoms. The minimum atomic E-state index is -4.72. The molecule has 4 nitrogen and oxygen atoms in total. The van der Waals surface area contributed by atoms with Crippen LogP contribution in [0.4, 0.5) is 13.2 Å². The van der Waals surface area contributed by atoms with Gasteiger partial charge in [0, 0.05) is 10.9 Å². The minimum absolute atomic E-state index is 0.273. The van der Waals surface area contributed by atoms with Gasteiger partial charge in [0.1, 0.15) is 11.3 Å². The molecule has 144 valence electrons. The van der Waals surface area contributed by atoms with Crippen LogP contribution in [-0.4, -0.2) is 31.3 Å². The topological polar surface area (TPSA) is 37.9 Å². The number of hydrogen-bond acceptors (Lipinski definition) is 4. The van der Waals surface area contributed by atoms with Crippen LogP contribution < -0.4 is 0 Å². The SMILES string of the molecule is CC(C)(C)N1OC1C(O[Si](C)(C)C)(c1cc2ccccc2o1)C(F)(F)F. The van der Waals surface area contributed by atoms with Gasteiger partial charge in [-0.2, -0.15) is 13.2 Å². The van der Waals surface area contributed by atoms with Gasteiger partial charge in [-0.3, -0.25) is 4.84 Å². The Morgan fingerprint density at radius 1 is 1.08 bits per heavy atom. The second kappa shape index (κ2) is 5.82. The van der Waals surface area contributed by atoms with Crippen LogP contribution in [-0.2, 0) is 14.9 Å². The van der Waals surface area contributed by atoms with Crippen molar-refractivity contribution >= 4 is 19.3 Å². The Morgan fingerprint density at radius 3 is 2.15 bits per heavy atom. The summed E-state index contributed by atoms with van der Waals surface area (Å²) in [6, 6.07) is 8.24. The lowest BCUT2D eigenvalue weighted by Gasteiger charge is -2.38. The van der Waals surface area contributed by atoms with Crippen molar-refractivity contribution in [3.63, 3.8) is 0 Å². The number of rotatable bonds is 4.